The van der Waals surface area contributed by atoms with Gasteiger partial charge in [0.1, 0.15) is 5.75 Å². The number of nitrogens with one attached hydrogen (secondary N) is 1. The molecule has 0 spiro atoms. The molecular weight excluding hydrogens is 359 g/mol. The van der Waals surface area contributed by atoms with Gasteiger partial charge in [-0.1, -0.05) is 30.3 Å². The number of benzene rings is 2. The van der Waals surface area contributed by atoms with Crippen molar-refractivity contribution in [3.05, 3.63) is 72.1 Å². The van der Waals surface area contributed by atoms with Crippen LogP contribution in [-0.4, -0.2) is 28.5 Å². The van der Waals surface area contributed by atoms with E-state index in [-0.39, 0.29) is 11.4 Å². The number of anilines is 1. The average Bonchev–Trinajstić information content (AvgIpc) is 3.02. The highest BCUT2D eigenvalue weighted by Crippen LogP contribution is 2.27. The highest BCUT2D eigenvalue weighted by Gasteiger charge is 2.29. The highest BCUT2D eigenvalue weighted by atomic mass is 19.4. The van der Waals surface area contributed by atoms with E-state index in [9.17, 15) is 18.0 Å². The van der Waals surface area contributed by atoms with Crippen LogP contribution in [0, 0.1) is 6.92 Å². The third kappa shape index (κ3) is 4.46. The summed E-state index contributed by atoms with van der Waals surface area (Å²) in [6.07, 6.45) is -3.05. The van der Waals surface area contributed by atoms with E-state index in [4.69, 9.17) is 4.74 Å². The summed E-state index contributed by atoms with van der Waals surface area (Å²) in [7, 11) is 0. The molecule has 0 aliphatic carbocycles. The number of carbonyl (C=O) groups excluding carboxylic acids is 1. The molecule has 3 aromatic rings. The Bertz CT molecular complexity index is 937. The second kappa shape index (κ2) is 7.53. The molecule has 0 aliphatic heterocycles. The molecule has 0 saturated carbocycles. The Labute approximate surface area is 153 Å². The number of ether oxygens (including phenoxy) is 1. The maximum Gasteiger partial charge on any atom is 0.422 e. The molecule has 0 unspecified atom stereocenters. The number of aromatic nitrogens is 2. The molecule has 5 nitrogen and oxygen atoms in total. The number of para-hydroxylation sites is 3. The lowest BCUT2D eigenvalue weighted by molar-refractivity contribution is -0.153. The van der Waals surface area contributed by atoms with Crippen LogP contribution in [0.3, 0.4) is 0 Å². The van der Waals surface area contributed by atoms with Gasteiger partial charge in [-0.15, -0.1) is 0 Å². The van der Waals surface area contributed by atoms with Crippen LogP contribution >= 0.6 is 0 Å². The molecular formula is C19H16F3N3O2. The number of rotatable bonds is 5. The monoisotopic (exact) mass is 375 g/mol. The summed E-state index contributed by atoms with van der Waals surface area (Å²) in [4.78, 5) is 12.6. The van der Waals surface area contributed by atoms with Gasteiger partial charge in [0.25, 0.3) is 5.91 Å². The minimum absolute atomic E-state index is 0.0590. The lowest BCUT2D eigenvalue weighted by Crippen LogP contribution is -2.20. The molecule has 1 amide bonds. The van der Waals surface area contributed by atoms with Crippen molar-refractivity contribution < 1.29 is 22.7 Å². The topological polar surface area (TPSA) is 56.1 Å². The first kappa shape index (κ1) is 18.5. The molecule has 0 saturated heterocycles. The van der Waals surface area contributed by atoms with E-state index < -0.39 is 18.7 Å². The van der Waals surface area contributed by atoms with Crippen LogP contribution in [0.5, 0.6) is 5.75 Å². The Kier molecular flexibility index (Phi) is 5.16. The molecule has 27 heavy (non-hydrogen) atoms. The van der Waals surface area contributed by atoms with Gasteiger partial charge in [0.05, 0.1) is 28.8 Å². The molecule has 0 aliphatic rings. The fourth-order valence-corrected chi connectivity index (χ4v) is 2.51. The van der Waals surface area contributed by atoms with E-state index in [2.05, 4.69) is 10.4 Å². The first-order valence-electron chi connectivity index (χ1n) is 8.05. The Morgan fingerprint density at radius 3 is 2.48 bits per heavy atom. The van der Waals surface area contributed by atoms with Gasteiger partial charge >= 0.3 is 6.18 Å². The number of hydrogen-bond acceptors (Lipinski definition) is 3. The van der Waals surface area contributed by atoms with E-state index in [1.165, 1.54) is 24.4 Å². The fourth-order valence-electron chi connectivity index (χ4n) is 2.51. The van der Waals surface area contributed by atoms with Crippen molar-refractivity contribution in [3.63, 3.8) is 0 Å². The SMILES string of the molecule is Cc1c(C(=O)Nc2ccccc2OCC(F)(F)F)cnn1-c1ccccc1. The molecule has 0 bridgehead atoms. The maximum absolute atomic E-state index is 12.6. The van der Waals surface area contributed by atoms with Gasteiger partial charge in [-0.25, -0.2) is 4.68 Å². The first-order chi connectivity index (χ1) is 12.8. The maximum atomic E-state index is 12.6. The quantitative estimate of drug-likeness (QED) is 0.720. The largest absolute Gasteiger partial charge is 0.482 e. The second-order valence-electron chi connectivity index (χ2n) is 5.75. The highest BCUT2D eigenvalue weighted by molar-refractivity contribution is 6.05. The predicted octanol–water partition coefficient (Wildman–Crippen LogP) is 4.37. The van der Waals surface area contributed by atoms with Crippen molar-refractivity contribution in [3.8, 4) is 11.4 Å². The van der Waals surface area contributed by atoms with E-state index in [1.807, 2.05) is 30.3 Å². The number of carbonyl (C=O) groups is 1. The van der Waals surface area contributed by atoms with Crippen LogP contribution in [0.2, 0.25) is 0 Å². The van der Waals surface area contributed by atoms with E-state index >= 15 is 0 Å². The van der Waals surface area contributed by atoms with Crippen molar-refractivity contribution in [2.45, 2.75) is 13.1 Å². The Morgan fingerprint density at radius 2 is 1.78 bits per heavy atom. The summed E-state index contributed by atoms with van der Waals surface area (Å²) in [5.41, 5.74) is 1.86. The molecule has 8 heteroatoms. The normalized spacial score (nSPS) is 11.3. The van der Waals surface area contributed by atoms with Gasteiger partial charge in [-0.3, -0.25) is 4.79 Å². The van der Waals surface area contributed by atoms with Crippen LogP contribution in [0.15, 0.2) is 60.8 Å². The molecule has 0 atom stereocenters. The molecule has 1 aromatic heterocycles. The predicted molar refractivity (Wildman–Crippen MR) is 94.2 cm³/mol. The molecule has 3 rings (SSSR count). The van der Waals surface area contributed by atoms with Crippen LogP contribution in [0.1, 0.15) is 16.1 Å². The van der Waals surface area contributed by atoms with Crippen molar-refractivity contribution in [1.82, 2.24) is 9.78 Å². The first-order valence-corrected chi connectivity index (χ1v) is 8.05. The number of nitrogens with zero attached hydrogens (tertiary/aromatic N) is 2. The third-order valence-corrected chi connectivity index (χ3v) is 3.78. The van der Waals surface area contributed by atoms with Gasteiger partial charge in [0.2, 0.25) is 0 Å². The molecule has 140 valence electrons. The third-order valence-electron chi connectivity index (χ3n) is 3.78. The van der Waals surface area contributed by atoms with Gasteiger partial charge in [0.15, 0.2) is 6.61 Å². The lowest BCUT2D eigenvalue weighted by Gasteiger charge is -2.13. The molecule has 1 N–H and O–H groups in total. The average molecular weight is 375 g/mol. The second-order valence-corrected chi connectivity index (χ2v) is 5.75. The summed E-state index contributed by atoms with van der Waals surface area (Å²) in [6.45, 7) is 0.297. The van der Waals surface area contributed by atoms with Gasteiger partial charge in [0, 0.05) is 0 Å². The molecule has 0 radical (unpaired) electrons. The zero-order chi connectivity index (χ0) is 19.4. The van der Waals surface area contributed by atoms with Crippen molar-refractivity contribution in [1.29, 1.82) is 0 Å². The zero-order valence-electron chi connectivity index (χ0n) is 14.3. The molecule has 0 fully saturated rings. The van der Waals surface area contributed by atoms with Crippen LogP contribution in [0.25, 0.3) is 5.69 Å². The van der Waals surface area contributed by atoms with Crippen molar-refractivity contribution in [2.24, 2.45) is 0 Å². The van der Waals surface area contributed by atoms with Gasteiger partial charge in [-0.2, -0.15) is 18.3 Å². The number of amides is 1. The van der Waals surface area contributed by atoms with Crippen molar-refractivity contribution in [2.75, 3.05) is 11.9 Å². The van der Waals surface area contributed by atoms with E-state index in [0.29, 0.717) is 11.3 Å². The summed E-state index contributed by atoms with van der Waals surface area (Å²) in [6, 6.07) is 15.2. The zero-order valence-corrected chi connectivity index (χ0v) is 14.3. The molecule has 2 aromatic carbocycles. The summed E-state index contributed by atoms with van der Waals surface area (Å²) in [5.74, 6) is -0.547. The minimum Gasteiger partial charge on any atom is -0.482 e. The van der Waals surface area contributed by atoms with E-state index in [1.54, 1.807) is 17.7 Å². The standard InChI is InChI=1S/C19H16F3N3O2/c1-13-15(11-23-25(13)14-7-3-2-4-8-14)18(26)24-16-9-5-6-10-17(16)27-12-19(20,21)22/h2-11H,12H2,1H3,(H,24,26). The number of hydrogen-bond donors (Lipinski definition) is 1. The lowest BCUT2D eigenvalue weighted by atomic mass is 10.2. The van der Waals surface area contributed by atoms with Gasteiger partial charge in [-0.05, 0) is 31.2 Å². The smallest absolute Gasteiger partial charge is 0.422 e. The number of alkyl halides is 3. The fraction of sp³-hybridized carbons (Fsp3) is 0.158. The van der Waals surface area contributed by atoms with Crippen LogP contribution < -0.4 is 10.1 Å². The Morgan fingerprint density at radius 1 is 1.11 bits per heavy atom. The van der Waals surface area contributed by atoms with Gasteiger partial charge < -0.3 is 10.1 Å². The summed E-state index contributed by atoms with van der Waals surface area (Å²) >= 11 is 0. The Hall–Kier alpha value is -3.29. The molecule has 1 heterocycles. The van der Waals surface area contributed by atoms with E-state index in [0.717, 1.165) is 5.69 Å². The van der Waals surface area contributed by atoms with Crippen LogP contribution in [-0.2, 0) is 0 Å². The summed E-state index contributed by atoms with van der Waals surface area (Å²) in [5, 5.41) is 6.80. The summed E-state index contributed by atoms with van der Waals surface area (Å²) < 4.78 is 43.6. The Balaban J connectivity index is 1.80. The van der Waals surface area contributed by atoms with Crippen LogP contribution in [0.4, 0.5) is 18.9 Å². The number of halogens is 3. The van der Waals surface area contributed by atoms with Crippen molar-refractivity contribution >= 4 is 11.6 Å². The minimum atomic E-state index is -4.47.